The second-order valence-electron chi connectivity index (χ2n) is 5.39. The number of nitrogens with zero attached hydrogens (tertiary/aromatic N) is 1. The van der Waals surface area contributed by atoms with E-state index in [0.717, 1.165) is 25.4 Å². The maximum Gasteiger partial charge on any atom is 0.0428 e. The molecule has 0 spiro atoms. The lowest BCUT2D eigenvalue weighted by Gasteiger charge is -2.17. The van der Waals surface area contributed by atoms with Crippen LogP contribution >= 0.6 is 0 Å². The summed E-state index contributed by atoms with van der Waals surface area (Å²) in [6, 6.07) is 0. The Morgan fingerprint density at radius 2 is 1.67 bits per heavy atom. The van der Waals surface area contributed by atoms with E-state index >= 15 is 0 Å². The van der Waals surface area contributed by atoms with Crippen LogP contribution < -0.4 is 16.8 Å². The van der Waals surface area contributed by atoms with Gasteiger partial charge < -0.3 is 21.7 Å². The fourth-order valence-corrected chi connectivity index (χ4v) is 2.11. The smallest absolute Gasteiger partial charge is 0.0428 e. The summed E-state index contributed by atoms with van der Waals surface area (Å²) in [4.78, 5) is 2.43. The van der Waals surface area contributed by atoms with E-state index in [4.69, 9.17) is 11.5 Å². The molecule has 0 saturated carbocycles. The monoisotopic (exact) mass is 258 g/mol. The summed E-state index contributed by atoms with van der Waals surface area (Å²) in [6.07, 6.45) is 7.61. The van der Waals surface area contributed by atoms with Crippen LogP contribution in [0.2, 0.25) is 0 Å². The highest BCUT2D eigenvalue weighted by Gasteiger charge is 2.02. The van der Waals surface area contributed by atoms with Crippen LogP contribution in [-0.2, 0) is 0 Å². The summed E-state index contributed by atoms with van der Waals surface area (Å²) in [5, 5.41) is 3.18. The minimum absolute atomic E-state index is 0.598. The molecule has 0 aliphatic rings. The lowest BCUT2D eigenvalue weighted by atomic mass is 10.0. The SMILES string of the molecule is CC(CCCCN(C)CCCCN)CCNCN. The number of nitrogens with one attached hydrogen (secondary N) is 1. The van der Waals surface area contributed by atoms with Crippen molar-refractivity contribution >= 4 is 0 Å². The van der Waals surface area contributed by atoms with Gasteiger partial charge in [0.25, 0.3) is 0 Å². The molecule has 0 amide bonds. The lowest BCUT2D eigenvalue weighted by molar-refractivity contribution is 0.312. The molecule has 4 heteroatoms. The van der Waals surface area contributed by atoms with E-state index in [0.29, 0.717) is 6.67 Å². The molecule has 110 valence electrons. The molecule has 0 aromatic rings. The van der Waals surface area contributed by atoms with Crippen molar-refractivity contribution in [3.8, 4) is 0 Å². The lowest BCUT2D eigenvalue weighted by Crippen LogP contribution is -2.24. The molecule has 18 heavy (non-hydrogen) atoms. The Bertz CT molecular complexity index is 146. The van der Waals surface area contributed by atoms with E-state index in [1.54, 1.807) is 0 Å². The Morgan fingerprint density at radius 3 is 2.28 bits per heavy atom. The summed E-state index contributed by atoms with van der Waals surface area (Å²) in [5.74, 6) is 0.812. The molecule has 0 fully saturated rings. The van der Waals surface area contributed by atoms with E-state index in [1.807, 2.05) is 0 Å². The van der Waals surface area contributed by atoms with Crippen molar-refractivity contribution in [2.24, 2.45) is 17.4 Å². The standard InChI is InChI=1S/C14H34N4/c1-14(8-10-17-13-16)7-3-5-11-18(2)12-6-4-9-15/h14,17H,3-13,15-16H2,1-2H3. The van der Waals surface area contributed by atoms with Crippen LogP contribution in [0.5, 0.6) is 0 Å². The number of rotatable bonds is 13. The van der Waals surface area contributed by atoms with Crippen LogP contribution in [0.1, 0.15) is 45.4 Å². The minimum atomic E-state index is 0.598. The molecule has 1 unspecified atom stereocenters. The summed E-state index contributed by atoms with van der Waals surface area (Å²) in [6.45, 7) is 7.22. The normalized spacial score (nSPS) is 13.2. The van der Waals surface area contributed by atoms with E-state index in [1.165, 1.54) is 45.2 Å². The van der Waals surface area contributed by atoms with E-state index < -0.39 is 0 Å². The highest BCUT2D eigenvalue weighted by Crippen LogP contribution is 2.11. The summed E-state index contributed by atoms with van der Waals surface area (Å²) < 4.78 is 0. The molecule has 0 rings (SSSR count). The second kappa shape index (κ2) is 13.3. The van der Waals surface area contributed by atoms with Gasteiger partial charge in [-0.25, -0.2) is 0 Å². The zero-order valence-electron chi connectivity index (χ0n) is 12.5. The Labute approximate surface area is 113 Å². The van der Waals surface area contributed by atoms with Crippen LogP contribution in [0.4, 0.5) is 0 Å². The molecule has 5 N–H and O–H groups in total. The fraction of sp³-hybridized carbons (Fsp3) is 1.00. The molecule has 0 heterocycles. The Hall–Kier alpha value is -0.160. The third-order valence-corrected chi connectivity index (χ3v) is 3.44. The highest BCUT2D eigenvalue weighted by atomic mass is 15.1. The van der Waals surface area contributed by atoms with Crippen molar-refractivity contribution < 1.29 is 0 Å². The van der Waals surface area contributed by atoms with Gasteiger partial charge in [0, 0.05) is 6.67 Å². The first-order chi connectivity index (χ1) is 8.70. The van der Waals surface area contributed by atoms with Crippen LogP contribution in [0.15, 0.2) is 0 Å². The quantitative estimate of drug-likeness (QED) is 0.345. The van der Waals surface area contributed by atoms with Crippen molar-refractivity contribution in [3.05, 3.63) is 0 Å². The summed E-state index contributed by atoms with van der Waals surface area (Å²) in [5.41, 5.74) is 10.9. The molecular weight excluding hydrogens is 224 g/mol. The van der Waals surface area contributed by atoms with Crippen molar-refractivity contribution in [2.75, 3.05) is 39.9 Å². The Morgan fingerprint density at radius 1 is 1.00 bits per heavy atom. The molecule has 1 atom stereocenters. The van der Waals surface area contributed by atoms with Gasteiger partial charge in [0.15, 0.2) is 0 Å². The van der Waals surface area contributed by atoms with E-state index in [2.05, 4.69) is 24.2 Å². The second-order valence-corrected chi connectivity index (χ2v) is 5.39. The van der Waals surface area contributed by atoms with Gasteiger partial charge in [-0.3, -0.25) is 0 Å². The van der Waals surface area contributed by atoms with Crippen LogP contribution in [0.25, 0.3) is 0 Å². The first kappa shape index (κ1) is 17.8. The predicted octanol–water partition coefficient (Wildman–Crippen LogP) is 1.36. The molecule has 0 aliphatic carbocycles. The zero-order chi connectivity index (χ0) is 13.6. The van der Waals surface area contributed by atoms with Gasteiger partial charge in [0.2, 0.25) is 0 Å². The van der Waals surface area contributed by atoms with Crippen LogP contribution in [-0.4, -0.2) is 44.8 Å². The van der Waals surface area contributed by atoms with E-state index in [9.17, 15) is 0 Å². The fourth-order valence-electron chi connectivity index (χ4n) is 2.11. The Balaban J connectivity index is 3.27. The number of unbranched alkanes of at least 4 members (excludes halogenated alkanes) is 2. The van der Waals surface area contributed by atoms with Gasteiger partial charge >= 0.3 is 0 Å². The van der Waals surface area contributed by atoms with E-state index in [-0.39, 0.29) is 0 Å². The Kier molecular flexibility index (Phi) is 13.2. The van der Waals surface area contributed by atoms with Crippen LogP contribution in [0.3, 0.4) is 0 Å². The zero-order valence-corrected chi connectivity index (χ0v) is 12.5. The topological polar surface area (TPSA) is 67.3 Å². The molecule has 0 aliphatic heterocycles. The molecular formula is C14H34N4. The molecule has 0 aromatic carbocycles. The van der Waals surface area contributed by atoms with Crippen molar-refractivity contribution in [1.82, 2.24) is 10.2 Å². The predicted molar refractivity (Wildman–Crippen MR) is 80.5 cm³/mol. The van der Waals surface area contributed by atoms with Gasteiger partial charge in [-0.1, -0.05) is 19.8 Å². The molecule has 0 radical (unpaired) electrons. The van der Waals surface area contributed by atoms with Crippen molar-refractivity contribution in [2.45, 2.75) is 45.4 Å². The number of hydrogen-bond donors (Lipinski definition) is 3. The van der Waals surface area contributed by atoms with Gasteiger partial charge in [-0.05, 0) is 64.8 Å². The van der Waals surface area contributed by atoms with Gasteiger partial charge in [0.1, 0.15) is 0 Å². The number of nitrogens with two attached hydrogens (primary N) is 2. The molecule has 0 saturated heterocycles. The highest BCUT2D eigenvalue weighted by molar-refractivity contribution is 4.58. The minimum Gasteiger partial charge on any atom is -0.330 e. The summed E-state index contributed by atoms with van der Waals surface area (Å²) in [7, 11) is 2.21. The first-order valence-electron chi connectivity index (χ1n) is 7.50. The average Bonchev–Trinajstić information content (AvgIpc) is 2.35. The third-order valence-electron chi connectivity index (χ3n) is 3.44. The van der Waals surface area contributed by atoms with Crippen LogP contribution in [0, 0.1) is 5.92 Å². The maximum atomic E-state index is 5.49. The maximum absolute atomic E-state index is 5.49. The molecule has 4 nitrogen and oxygen atoms in total. The first-order valence-corrected chi connectivity index (χ1v) is 7.50. The van der Waals surface area contributed by atoms with Crippen molar-refractivity contribution in [1.29, 1.82) is 0 Å². The largest absolute Gasteiger partial charge is 0.330 e. The van der Waals surface area contributed by atoms with Gasteiger partial charge in [-0.2, -0.15) is 0 Å². The van der Waals surface area contributed by atoms with Crippen molar-refractivity contribution in [3.63, 3.8) is 0 Å². The van der Waals surface area contributed by atoms with Gasteiger partial charge in [0.05, 0.1) is 0 Å². The third kappa shape index (κ3) is 12.3. The molecule has 0 aromatic heterocycles. The average molecular weight is 258 g/mol. The molecule has 0 bridgehead atoms. The summed E-state index contributed by atoms with van der Waals surface area (Å²) >= 11 is 0. The number of hydrogen-bond acceptors (Lipinski definition) is 4. The van der Waals surface area contributed by atoms with Gasteiger partial charge in [-0.15, -0.1) is 0 Å².